The largest absolute Gasteiger partial charge is 0.496 e. The molecule has 1 fully saturated rings. The molecule has 6 heteroatoms. The van der Waals surface area contributed by atoms with E-state index < -0.39 is 0 Å². The molecule has 0 radical (unpaired) electrons. The average Bonchev–Trinajstić information content (AvgIpc) is 3.21. The molecule has 1 saturated heterocycles. The van der Waals surface area contributed by atoms with Crippen LogP contribution in [0.15, 0.2) is 48.7 Å². The van der Waals surface area contributed by atoms with Crippen molar-refractivity contribution in [1.82, 2.24) is 20.4 Å². The Bertz CT molecular complexity index is 944. The van der Waals surface area contributed by atoms with Crippen molar-refractivity contribution >= 4 is 16.8 Å². The van der Waals surface area contributed by atoms with E-state index in [1.54, 1.807) is 7.11 Å². The van der Waals surface area contributed by atoms with Crippen molar-refractivity contribution in [2.75, 3.05) is 20.2 Å². The molecule has 0 unspecified atom stereocenters. The molecule has 2 aromatic carbocycles. The SMILES string of the molecule is COc1ccccc1CC(=O)N1CCC(NCc2ccc3cn[nH]c3c2)CC1. The predicted molar refractivity (Wildman–Crippen MR) is 109 cm³/mol. The zero-order chi connectivity index (χ0) is 19.3. The van der Waals surface area contributed by atoms with E-state index in [0.29, 0.717) is 12.5 Å². The van der Waals surface area contributed by atoms with Crippen LogP contribution in [-0.4, -0.2) is 47.2 Å². The lowest BCUT2D eigenvalue weighted by atomic mass is 10.0. The van der Waals surface area contributed by atoms with Gasteiger partial charge in [-0.05, 0) is 30.5 Å². The zero-order valence-electron chi connectivity index (χ0n) is 16.1. The van der Waals surface area contributed by atoms with Gasteiger partial charge in [-0.25, -0.2) is 0 Å². The third kappa shape index (κ3) is 4.17. The van der Waals surface area contributed by atoms with Crippen molar-refractivity contribution in [2.24, 2.45) is 0 Å². The highest BCUT2D eigenvalue weighted by Crippen LogP contribution is 2.20. The number of H-pyrrole nitrogens is 1. The van der Waals surface area contributed by atoms with Crippen LogP contribution in [-0.2, 0) is 17.8 Å². The number of benzene rings is 2. The zero-order valence-corrected chi connectivity index (χ0v) is 16.1. The number of rotatable bonds is 6. The van der Waals surface area contributed by atoms with E-state index in [4.69, 9.17) is 4.74 Å². The number of hydrogen-bond acceptors (Lipinski definition) is 4. The van der Waals surface area contributed by atoms with Crippen molar-refractivity contribution in [1.29, 1.82) is 0 Å². The molecule has 0 saturated carbocycles. The molecule has 0 spiro atoms. The summed E-state index contributed by atoms with van der Waals surface area (Å²) in [4.78, 5) is 14.6. The quantitative estimate of drug-likeness (QED) is 0.692. The number of fused-ring (bicyclic) bond motifs is 1. The first-order chi connectivity index (χ1) is 13.7. The van der Waals surface area contributed by atoms with Gasteiger partial charge in [0, 0.05) is 36.6 Å². The third-order valence-electron chi connectivity index (χ3n) is 5.48. The van der Waals surface area contributed by atoms with Crippen molar-refractivity contribution in [3.8, 4) is 5.75 Å². The van der Waals surface area contributed by atoms with Crippen molar-refractivity contribution in [2.45, 2.75) is 31.8 Å². The molecule has 1 amide bonds. The Morgan fingerprint density at radius 3 is 2.89 bits per heavy atom. The van der Waals surface area contributed by atoms with Crippen molar-refractivity contribution < 1.29 is 9.53 Å². The van der Waals surface area contributed by atoms with E-state index in [9.17, 15) is 4.79 Å². The summed E-state index contributed by atoms with van der Waals surface area (Å²) in [5.74, 6) is 0.953. The summed E-state index contributed by atoms with van der Waals surface area (Å²) in [5.41, 5.74) is 3.26. The summed E-state index contributed by atoms with van der Waals surface area (Å²) in [5, 5.41) is 11.8. The summed E-state index contributed by atoms with van der Waals surface area (Å²) in [6.07, 6.45) is 4.19. The molecule has 6 nitrogen and oxygen atoms in total. The van der Waals surface area contributed by atoms with Crippen LogP contribution in [0.2, 0.25) is 0 Å². The Kier molecular flexibility index (Phi) is 5.58. The first-order valence-electron chi connectivity index (χ1n) is 9.78. The second kappa shape index (κ2) is 8.44. The van der Waals surface area contributed by atoms with E-state index in [1.807, 2.05) is 35.4 Å². The molecule has 0 bridgehead atoms. The Morgan fingerprint density at radius 2 is 2.07 bits per heavy atom. The number of carbonyl (C=O) groups is 1. The van der Waals surface area contributed by atoms with Gasteiger partial charge in [0.1, 0.15) is 5.75 Å². The molecule has 4 rings (SSSR count). The van der Waals surface area contributed by atoms with Gasteiger partial charge in [0.25, 0.3) is 0 Å². The summed E-state index contributed by atoms with van der Waals surface area (Å²) >= 11 is 0. The second-order valence-corrected chi connectivity index (χ2v) is 7.32. The van der Waals surface area contributed by atoms with Gasteiger partial charge in [-0.15, -0.1) is 0 Å². The summed E-state index contributed by atoms with van der Waals surface area (Å²) in [6.45, 7) is 2.42. The van der Waals surface area contributed by atoms with Crippen LogP contribution >= 0.6 is 0 Å². The number of nitrogens with one attached hydrogen (secondary N) is 2. The monoisotopic (exact) mass is 378 g/mol. The van der Waals surface area contributed by atoms with Crippen LogP contribution in [0.3, 0.4) is 0 Å². The third-order valence-corrected chi connectivity index (χ3v) is 5.48. The number of aromatic amines is 1. The molecule has 28 heavy (non-hydrogen) atoms. The molecule has 1 aliphatic rings. The van der Waals surface area contributed by atoms with Crippen molar-refractivity contribution in [3.63, 3.8) is 0 Å². The number of hydrogen-bond donors (Lipinski definition) is 2. The van der Waals surface area contributed by atoms with Crippen molar-refractivity contribution in [3.05, 3.63) is 59.8 Å². The fourth-order valence-electron chi connectivity index (χ4n) is 3.81. The van der Waals surface area contributed by atoms with E-state index in [-0.39, 0.29) is 5.91 Å². The average molecular weight is 378 g/mol. The van der Waals surface area contributed by atoms with Crippen LogP contribution < -0.4 is 10.1 Å². The first-order valence-corrected chi connectivity index (χ1v) is 9.78. The number of piperidine rings is 1. The molecular weight excluding hydrogens is 352 g/mol. The second-order valence-electron chi connectivity index (χ2n) is 7.32. The number of methoxy groups -OCH3 is 1. The Morgan fingerprint density at radius 1 is 1.25 bits per heavy atom. The van der Waals surface area contributed by atoms with Crippen LogP contribution in [0.1, 0.15) is 24.0 Å². The molecule has 3 aromatic rings. The molecule has 146 valence electrons. The molecule has 2 N–H and O–H groups in total. The van der Waals surface area contributed by atoms with Crippen LogP contribution in [0, 0.1) is 0 Å². The maximum atomic E-state index is 12.7. The highest BCUT2D eigenvalue weighted by Gasteiger charge is 2.23. The van der Waals surface area contributed by atoms with Gasteiger partial charge in [-0.3, -0.25) is 9.89 Å². The smallest absolute Gasteiger partial charge is 0.227 e. The minimum absolute atomic E-state index is 0.174. The predicted octanol–water partition coefficient (Wildman–Crippen LogP) is 2.89. The highest BCUT2D eigenvalue weighted by atomic mass is 16.5. The van der Waals surface area contributed by atoms with Crippen LogP contribution in [0.25, 0.3) is 10.9 Å². The normalized spacial score (nSPS) is 15.1. The number of aromatic nitrogens is 2. The van der Waals surface area contributed by atoms with E-state index in [2.05, 4.69) is 33.7 Å². The molecule has 2 heterocycles. The van der Waals surface area contributed by atoms with Gasteiger partial charge >= 0.3 is 0 Å². The van der Waals surface area contributed by atoms with Gasteiger partial charge in [-0.1, -0.05) is 30.3 Å². The molecule has 1 aromatic heterocycles. The summed E-state index contributed by atoms with van der Waals surface area (Å²) in [7, 11) is 1.64. The summed E-state index contributed by atoms with van der Waals surface area (Å²) < 4.78 is 5.36. The Balaban J connectivity index is 1.26. The minimum atomic E-state index is 0.174. The van der Waals surface area contributed by atoms with E-state index in [1.165, 1.54) is 5.56 Å². The molecule has 1 aliphatic heterocycles. The summed E-state index contributed by atoms with van der Waals surface area (Å²) in [6, 6.07) is 14.5. The number of para-hydroxylation sites is 1. The lowest BCUT2D eigenvalue weighted by Gasteiger charge is -2.32. The molecule has 0 atom stereocenters. The highest BCUT2D eigenvalue weighted by molar-refractivity contribution is 5.79. The maximum absolute atomic E-state index is 12.7. The van der Waals surface area contributed by atoms with Crippen LogP contribution in [0.4, 0.5) is 0 Å². The van der Waals surface area contributed by atoms with Gasteiger partial charge in [-0.2, -0.15) is 5.10 Å². The maximum Gasteiger partial charge on any atom is 0.227 e. The number of amides is 1. The van der Waals surface area contributed by atoms with Gasteiger partial charge in [0.2, 0.25) is 5.91 Å². The number of nitrogens with zero attached hydrogens (tertiary/aromatic N) is 2. The van der Waals surface area contributed by atoms with Crippen LogP contribution in [0.5, 0.6) is 5.75 Å². The fraction of sp³-hybridized carbons (Fsp3) is 0.364. The van der Waals surface area contributed by atoms with Gasteiger partial charge in [0.05, 0.1) is 25.2 Å². The van der Waals surface area contributed by atoms with E-state index >= 15 is 0 Å². The number of ether oxygens (including phenoxy) is 1. The Hall–Kier alpha value is -2.86. The lowest BCUT2D eigenvalue weighted by molar-refractivity contribution is -0.131. The standard InChI is InChI=1S/C22H26N4O2/c1-28-21-5-3-2-4-17(21)13-22(27)26-10-8-19(9-11-26)23-14-16-6-7-18-15-24-25-20(18)12-16/h2-7,12,15,19,23H,8-11,13-14H2,1H3,(H,24,25). The first kappa shape index (κ1) is 18.5. The Labute approximate surface area is 164 Å². The topological polar surface area (TPSA) is 70.2 Å². The van der Waals surface area contributed by atoms with Gasteiger partial charge < -0.3 is 15.0 Å². The number of likely N-dealkylation sites (tertiary alicyclic amines) is 1. The number of carbonyl (C=O) groups excluding carboxylic acids is 1. The fourth-order valence-corrected chi connectivity index (χ4v) is 3.81. The van der Waals surface area contributed by atoms with E-state index in [0.717, 1.165) is 54.7 Å². The van der Waals surface area contributed by atoms with Gasteiger partial charge in [0.15, 0.2) is 0 Å². The lowest BCUT2D eigenvalue weighted by Crippen LogP contribution is -2.45. The molecular formula is C22H26N4O2. The molecule has 0 aliphatic carbocycles. The minimum Gasteiger partial charge on any atom is -0.496 e.